The fraction of sp³-hybridized carbons (Fsp3) is 0.381. The van der Waals surface area contributed by atoms with Gasteiger partial charge in [-0.2, -0.15) is 17.5 Å². The Morgan fingerprint density at radius 1 is 1.07 bits per heavy atom. The number of aryl methyl sites for hydroxylation is 1. The smallest absolute Gasteiger partial charge is 0.315 e. The lowest BCUT2D eigenvalue weighted by atomic mass is 9.96. The van der Waals surface area contributed by atoms with E-state index >= 15 is 0 Å². The molecule has 2 aromatic carbocycles. The van der Waals surface area contributed by atoms with Crippen molar-refractivity contribution < 1.29 is 26.4 Å². The van der Waals surface area contributed by atoms with Gasteiger partial charge in [-0.1, -0.05) is 23.8 Å². The fourth-order valence-corrected chi connectivity index (χ4v) is 5.01. The minimum Gasteiger partial charge on any atom is -0.315 e. The number of amides is 1. The monoisotopic (exact) mass is 440 g/mol. The number of alkyl halides is 3. The van der Waals surface area contributed by atoms with Crippen molar-refractivity contribution in [2.75, 3.05) is 25.0 Å². The number of benzene rings is 2. The lowest BCUT2D eigenvalue weighted by molar-refractivity contribution is -0.137. The highest BCUT2D eigenvalue weighted by Gasteiger charge is 2.35. The molecule has 0 unspecified atom stereocenters. The normalized spacial score (nSPS) is 16.4. The van der Waals surface area contributed by atoms with E-state index in [1.807, 2.05) is 31.2 Å². The van der Waals surface area contributed by atoms with Crippen LogP contribution in [-0.4, -0.2) is 38.8 Å². The van der Waals surface area contributed by atoms with Crippen molar-refractivity contribution in [3.63, 3.8) is 0 Å². The van der Waals surface area contributed by atoms with E-state index in [1.54, 1.807) is 11.9 Å². The Bertz CT molecular complexity index is 1010. The van der Waals surface area contributed by atoms with Crippen LogP contribution < -0.4 is 4.90 Å². The first-order valence-electron chi connectivity index (χ1n) is 9.52. The predicted octanol–water partition coefficient (Wildman–Crippen LogP) is 4.08. The molecule has 1 amide bonds. The fourth-order valence-electron chi connectivity index (χ4n) is 3.49. The Labute approximate surface area is 174 Å². The number of anilines is 1. The number of hydrogen-bond donors (Lipinski definition) is 0. The summed E-state index contributed by atoms with van der Waals surface area (Å²) in [7, 11) is -2.38. The van der Waals surface area contributed by atoms with E-state index in [0.717, 1.165) is 33.8 Å². The molecule has 0 spiro atoms. The Hall–Kier alpha value is -2.39. The molecular formula is C21H23F3N2O3S. The summed E-state index contributed by atoms with van der Waals surface area (Å²) in [6.45, 7) is 2.11. The number of piperidine rings is 1. The van der Waals surface area contributed by atoms with Gasteiger partial charge in [-0.15, -0.1) is 0 Å². The summed E-state index contributed by atoms with van der Waals surface area (Å²) < 4.78 is 65.5. The third-order valence-electron chi connectivity index (χ3n) is 5.35. The van der Waals surface area contributed by atoms with Gasteiger partial charge in [0.25, 0.3) is 0 Å². The average Bonchev–Trinajstić information content (AvgIpc) is 2.73. The third kappa shape index (κ3) is 4.67. The molecule has 30 heavy (non-hydrogen) atoms. The van der Waals surface area contributed by atoms with Crippen LogP contribution in [0.15, 0.2) is 53.4 Å². The van der Waals surface area contributed by atoms with E-state index in [-0.39, 0.29) is 29.8 Å². The number of carbonyl (C=O) groups is 1. The highest BCUT2D eigenvalue weighted by molar-refractivity contribution is 7.89. The first-order chi connectivity index (χ1) is 14.0. The molecular weight excluding hydrogens is 417 g/mol. The van der Waals surface area contributed by atoms with Crippen LogP contribution in [-0.2, 0) is 21.0 Å². The molecule has 0 N–H and O–H groups in total. The van der Waals surface area contributed by atoms with Crippen LogP contribution in [0.2, 0.25) is 0 Å². The average molecular weight is 440 g/mol. The van der Waals surface area contributed by atoms with Gasteiger partial charge in [-0.25, -0.2) is 8.42 Å². The summed E-state index contributed by atoms with van der Waals surface area (Å²) in [5, 5.41) is 0. The van der Waals surface area contributed by atoms with Crippen molar-refractivity contribution in [1.82, 2.24) is 4.31 Å². The van der Waals surface area contributed by atoms with Crippen molar-refractivity contribution >= 4 is 21.6 Å². The molecule has 1 aliphatic rings. The zero-order valence-corrected chi connectivity index (χ0v) is 17.5. The van der Waals surface area contributed by atoms with Crippen LogP contribution in [0, 0.1) is 12.8 Å². The van der Waals surface area contributed by atoms with Crippen molar-refractivity contribution in [3.8, 4) is 0 Å². The lowest BCUT2D eigenvalue weighted by Crippen LogP contribution is -2.43. The van der Waals surface area contributed by atoms with Crippen LogP contribution >= 0.6 is 0 Å². The van der Waals surface area contributed by atoms with Crippen LogP contribution in [0.3, 0.4) is 0 Å². The number of halogens is 3. The molecule has 1 heterocycles. The molecule has 0 saturated carbocycles. The minimum absolute atomic E-state index is 0.0801. The molecule has 3 rings (SSSR count). The molecule has 0 atom stereocenters. The summed E-state index contributed by atoms with van der Waals surface area (Å²) in [6, 6.07) is 11.2. The molecule has 2 aromatic rings. The standard InChI is InChI=1S/C21H23F3N2O3S/c1-15-6-8-18(9-7-15)25(2)20(27)16-10-12-26(13-11-16)30(28,29)19-5-3-4-17(14-19)21(22,23)24/h3-9,14,16H,10-13H2,1-2H3. The largest absolute Gasteiger partial charge is 0.416 e. The van der Waals surface area contributed by atoms with E-state index < -0.39 is 21.8 Å². The van der Waals surface area contributed by atoms with Gasteiger partial charge < -0.3 is 4.90 Å². The molecule has 1 saturated heterocycles. The number of carbonyl (C=O) groups excluding carboxylic acids is 1. The van der Waals surface area contributed by atoms with Crippen molar-refractivity contribution in [2.45, 2.75) is 30.8 Å². The quantitative estimate of drug-likeness (QED) is 0.720. The summed E-state index contributed by atoms with van der Waals surface area (Å²) in [6.07, 6.45) is -3.99. The van der Waals surface area contributed by atoms with E-state index in [2.05, 4.69) is 0 Å². The zero-order chi connectivity index (χ0) is 22.1. The second kappa shape index (κ2) is 8.39. The minimum atomic E-state index is -4.62. The lowest BCUT2D eigenvalue weighted by Gasteiger charge is -2.32. The van der Waals surface area contributed by atoms with E-state index in [0.29, 0.717) is 18.9 Å². The second-order valence-corrected chi connectivity index (χ2v) is 9.37. The molecule has 9 heteroatoms. The Kier molecular flexibility index (Phi) is 6.24. The van der Waals surface area contributed by atoms with Crippen molar-refractivity contribution in [1.29, 1.82) is 0 Å². The van der Waals surface area contributed by atoms with E-state index in [9.17, 15) is 26.4 Å². The number of hydrogen-bond acceptors (Lipinski definition) is 3. The summed E-state index contributed by atoms with van der Waals surface area (Å²) in [5.74, 6) is -0.445. The van der Waals surface area contributed by atoms with Gasteiger partial charge >= 0.3 is 6.18 Å². The first kappa shape index (κ1) is 22.3. The van der Waals surface area contributed by atoms with E-state index in [1.165, 1.54) is 0 Å². The van der Waals surface area contributed by atoms with Gasteiger partial charge in [-0.05, 0) is 50.1 Å². The maximum Gasteiger partial charge on any atom is 0.416 e. The topological polar surface area (TPSA) is 57.7 Å². The molecule has 0 aromatic heterocycles. The number of nitrogens with zero attached hydrogens (tertiary/aromatic N) is 2. The maximum absolute atomic E-state index is 12.9. The summed E-state index contributed by atoms with van der Waals surface area (Å²) >= 11 is 0. The summed E-state index contributed by atoms with van der Waals surface area (Å²) in [4.78, 5) is 14.0. The van der Waals surface area contributed by atoms with Crippen LogP contribution in [0.4, 0.5) is 18.9 Å². The van der Waals surface area contributed by atoms with Gasteiger partial charge in [0.05, 0.1) is 10.5 Å². The van der Waals surface area contributed by atoms with Gasteiger partial charge in [0.15, 0.2) is 0 Å². The Morgan fingerprint density at radius 3 is 2.23 bits per heavy atom. The molecule has 1 aliphatic heterocycles. The van der Waals surface area contributed by atoms with E-state index in [4.69, 9.17) is 0 Å². The predicted molar refractivity (Wildman–Crippen MR) is 108 cm³/mol. The van der Waals surface area contributed by atoms with Crippen LogP contribution in [0.25, 0.3) is 0 Å². The molecule has 0 aliphatic carbocycles. The van der Waals surface area contributed by atoms with Crippen LogP contribution in [0.5, 0.6) is 0 Å². The maximum atomic E-state index is 12.9. The Morgan fingerprint density at radius 2 is 1.67 bits per heavy atom. The molecule has 5 nitrogen and oxygen atoms in total. The number of sulfonamides is 1. The molecule has 0 bridgehead atoms. The van der Waals surface area contributed by atoms with Crippen molar-refractivity contribution in [2.24, 2.45) is 5.92 Å². The second-order valence-electron chi connectivity index (χ2n) is 7.44. The molecule has 162 valence electrons. The molecule has 1 fully saturated rings. The Balaban J connectivity index is 1.69. The summed E-state index contributed by atoms with van der Waals surface area (Å²) in [5.41, 5.74) is 0.825. The zero-order valence-electron chi connectivity index (χ0n) is 16.7. The molecule has 0 radical (unpaired) electrons. The van der Waals surface area contributed by atoms with Gasteiger partial charge in [0.1, 0.15) is 0 Å². The number of rotatable bonds is 4. The third-order valence-corrected chi connectivity index (χ3v) is 7.25. The van der Waals surface area contributed by atoms with Gasteiger partial charge in [0, 0.05) is 31.7 Å². The van der Waals surface area contributed by atoms with Crippen molar-refractivity contribution in [3.05, 3.63) is 59.7 Å². The SMILES string of the molecule is Cc1ccc(N(C)C(=O)C2CCN(S(=O)(=O)c3cccc(C(F)(F)F)c3)CC2)cc1. The highest BCUT2D eigenvalue weighted by atomic mass is 32.2. The van der Waals surface area contributed by atoms with Crippen LogP contribution in [0.1, 0.15) is 24.0 Å². The first-order valence-corrected chi connectivity index (χ1v) is 11.0. The van der Waals surface area contributed by atoms with Gasteiger partial charge in [0.2, 0.25) is 15.9 Å². The van der Waals surface area contributed by atoms with Gasteiger partial charge in [-0.3, -0.25) is 4.79 Å². The highest BCUT2D eigenvalue weighted by Crippen LogP contribution is 2.32.